The smallest absolute Gasteiger partial charge is 0.323 e. The molecule has 1 aromatic rings. The van der Waals surface area contributed by atoms with Gasteiger partial charge in [0, 0.05) is 18.3 Å². The Balaban J connectivity index is 1.94. The number of amides is 2. The van der Waals surface area contributed by atoms with Gasteiger partial charge in [0.1, 0.15) is 6.54 Å². The lowest BCUT2D eigenvalue weighted by Gasteiger charge is -2.36. The maximum atomic E-state index is 12.3. The van der Waals surface area contributed by atoms with Crippen molar-refractivity contribution in [3.63, 3.8) is 0 Å². The second-order valence-corrected chi connectivity index (χ2v) is 5.01. The van der Waals surface area contributed by atoms with Crippen LogP contribution in [0.3, 0.4) is 0 Å². The Labute approximate surface area is 123 Å². The van der Waals surface area contributed by atoms with Crippen LogP contribution in [-0.2, 0) is 9.53 Å². The summed E-state index contributed by atoms with van der Waals surface area (Å²) in [6.45, 7) is 2.24. The van der Waals surface area contributed by atoms with Crippen molar-refractivity contribution in [2.45, 2.75) is 31.9 Å². The van der Waals surface area contributed by atoms with Gasteiger partial charge in [0.2, 0.25) is 0 Å². The second-order valence-electron chi connectivity index (χ2n) is 5.01. The van der Waals surface area contributed by atoms with Gasteiger partial charge in [-0.1, -0.05) is 18.2 Å². The molecule has 1 saturated carbocycles. The van der Waals surface area contributed by atoms with Crippen molar-refractivity contribution in [2.24, 2.45) is 0 Å². The van der Waals surface area contributed by atoms with Gasteiger partial charge in [-0.2, -0.15) is 0 Å². The number of anilines is 1. The Morgan fingerprint density at radius 2 is 2.00 bits per heavy atom. The zero-order valence-corrected chi connectivity index (χ0v) is 12.0. The lowest BCUT2D eigenvalue weighted by atomic mass is 9.89. The molecule has 1 aliphatic carbocycles. The van der Waals surface area contributed by atoms with Gasteiger partial charge in [-0.05, 0) is 31.9 Å². The average molecular weight is 292 g/mol. The minimum absolute atomic E-state index is 0.0501. The van der Waals surface area contributed by atoms with Gasteiger partial charge >= 0.3 is 12.0 Å². The zero-order chi connectivity index (χ0) is 15.2. The first-order chi connectivity index (χ1) is 10.1. The molecule has 0 bridgehead atoms. The van der Waals surface area contributed by atoms with Crippen LogP contribution in [0.25, 0.3) is 0 Å². The summed E-state index contributed by atoms with van der Waals surface area (Å²) >= 11 is 0. The van der Waals surface area contributed by atoms with Gasteiger partial charge in [0.25, 0.3) is 0 Å². The van der Waals surface area contributed by atoms with Crippen LogP contribution in [0.1, 0.15) is 19.8 Å². The Kier molecular flexibility index (Phi) is 5.16. The maximum Gasteiger partial charge on any atom is 0.323 e. The van der Waals surface area contributed by atoms with Crippen LogP contribution >= 0.6 is 0 Å². The van der Waals surface area contributed by atoms with Crippen LogP contribution in [0.2, 0.25) is 0 Å². The number of carboxylic acids is 1. The molecule has 0 aromatic heterocycles. The molecular formula is C15H20N2O4. The number of aliphatic carboxylic acids is 1. The molecule has 0 saturated heterocycles. The number of rotatable bonds is 6. The van der Waals surface area contributed by atoms with Gasteiger partial charge in [-0.3, -0.25) is 9.69 Å². The number of hydrogen-bond acceptors (Lipinski definition) is 3. The van der Waals surface area contributed by atoms with Crippen LogP contribution in [0, 0.1) is 0 Å². The minimum Gasteiger partial charge on any atom is -0.480 e. The third-order valence-corrected chi connectivity index (χ3v) is 3.43. The Bertz CT molecular complexity index is 486. The summed E-state index contributed by atoms with van der Waals surface area (Å²) in [6, 6.07) is 8.45. The van der Waals surface area contributed by atoms with Crippen molar-refractivity contribution in [3.05, 3.63) is 30.3 Å². The summed E-state index contributed by atoms with van der Waals surface area (Å²) in [5.74, 6) is -1.05. The topological polar surface area (TPSA) is 78.9 Å². The number of carboxylic acid groups (broad SMARTS) is 1. The van der Waals surface area contributed by atoms with Crippen molar-refractivity contribution in [1.29, 1.82) is 0 Å². The van der Waals surface area contributed by atoms with Crippen molar-refractivity contribution in [3.8, 4) is 0 Å². The molecule has 2 rings (SSSR count). The molecule has 0 heterocycles. The highest BCUT2D eigenvalue weighted by Gasteiger charge is 2.32. The number of benzene rings is 1. The first kappa shape index (κ1) is 15.3. The molecule has 0 atom stereocenters. The molecule has 6 nitrogen and oxygen atoms in total. The first-order valence-electron chi connectivity index (χ1n) is 7.06. The van der Waals surface area contributed by atoms with E-state index in [1.807, 2.05) is 13.0 Å². The number of carbonyl (C=O) groups excluding carboxylic acids is 1. The Morgan fingerprint density at radius 3 is 2.57 bits per heavy atom. The molecule has 2 amide bonds. The van der Waals surface area contributed by atoms with E-state index in [9.17, 15) is 9.59 Å². The first-order valence-corrected chi connectivity index (χ1v) is 7.06. The summed E-state index contributed by atoms with van der Waals surface area (Å²) in [6.07, 6.45) is 1.75. The number of ether oxygens (including phenoxy) is 1. The van der Waals surface area contributed by atoms with Gasteiger partial charge < -0.3 is 15.2 Å². The van der Waals surface area contributed by atoms with E-state index in [2.05, 4.69) is 5.32 Å². The van der Waals surface area contributed by atoms with Crippen molar-refractivity contribution in [1.82, 2.24) is 5.32 Å². The lowest BCUT2D eigenvalue weighted by molar-refractivity contribution is -0.135. The second kappa shape index (κ2) is 7.08. The highest BCUT2D eigenvalue weighted by Crippen LogP contribution is 2.24. The molecule has 6 heteroatoms. The molecule has 0 unspecified atom stereocenters. The summed E-state index contributed by atoms with van der Waals surface area (Å²) in [7, 11) is 0. The highest BCUT2D eigenvalue weighted by atomic mass is 16.5. The SMILES string of the molecule is CCOC1CC(NC(=O)N(CC(=O)O)c2ccccc2)C1. The summed E-state index contributed by atoms with van der Waals surface area (Å²) in [4.78, 5) is 24.4. The molecule has 2 N–H and O–H groups in total. The van der Waals surface area contributed by atoms with Gasteiger partial charge in [-0.15, -0.1) is 0 Å². The normalized spacial score (nSPS) is 20.4. The maximum absolute atomic E-state index is 12.3. The largest absolute Gasteiger partial charge is 0.480 e. The van der Waals surface area contributed by atoms with E-state index < -0.39 is 5.97 Å². The predicted molar refractivity (Wildman–Crippen MR) is 78.4 cm³/mol. The Morgan fingerprint density at radius 1 is 1.33 bits per heavy atom. The molecular weight excluding hydrogens is 272 g/mol. The van der Waals surface area contributed by atoms with E-state index in [0.717, 1.165) is 12.8 Å². The third kappa shape index (κ3) is 4.19. The fraction of sp³-hybridized carbons (Fsp3) is 0.467. The van der Waals surface area contributed by atoms with Crippen molar-refractivity contribution in [2.75, 3.05) is 18.1 Å². The van der Waals surface area contributed by atoms with Gasteiger partial charge in [0.15, 0.2) is 0 Å². The van der Waals surface area contributed by atoms with E-state index in [1.165, 1.54) is 4.90 Å². The number of carbonyl (C=O) groups is 2. The summed E-state index contributed by atoms with van der Waals surface area (Å²) in [5.41, 5.74) is 0.568. The van der Waals surface area contributed by atoms with Gasteiger partial charge in [-0.25, -0.2) is 4.79 Å². The molecule has 0 aliphatic heterocycles. The van der Waals surface area contributed by atoms with E-state index in [4.69, 9.17) is 9.84 Å². The zero-order valence-electron chi connectivity index (χ0n) is 12.0. The average Bonchev–Trinajstić information content (AvgIpc) is 2.43. The fourth-order valence-electron chi connectivity index (χ4n) is 2.33. The number of urea groups is 1. The van der Waals surface area contributed by atoms with Crippen LogP contribution in [-0.4, -0.2) is 42.4 Å². The van der Waals surface area contributed by atoms with Gasteiger partial charge in [0.05, 0.1) is 6.10 Å². The molecule has 21 heavy (non-hydrogen) atoms. The highest BCUT2D eigenvalue weighted by molar-refractivity contribution is 5.96. The summed E-state index contributed by atoms with van der Waals surface area (Å²) < 4.78 is 5.44. The number of nitrogens with one attached hydrogen (secondary N) is 1. The molecule has 1 aromatic carbocycles. The molecule has 0 spiro atoms. The van der Waals surface area contributed by atoms with E-state index in [-0.39, 0.29) is 24.7 Å². The van der Waals surface area contributed by atoms with Crippen molar-refractivity contribution >= 4 is 17.7 Å². The standard InChI is InChI=1S/C15H20N2O4/c1-2-21-13-8-11(9-13)16-15(20)17(10-14(18)19)12-6-4-3-5-7-12/h3-7,11,13H,2,8-10H2,1H3,(H,16,20)(H,18,19). The molecule has 1 aliphatic rings. The molecule has 1 fully saturated rings. The van der Waals surface area contributed by atoms with Crippen LogP contribution < -0.4 is 10.2 Å². The molecule has 114 valence electrons. The van der Waals surface area contributed by atoms with E-state index in [0.29, 0.717) is 12.3 Å². The number of hydrogen-bond donors (Lipinski definition) is 2. The van der Waals surface area contributed by atoms with E-state index >= 15 is 0 Å². The summed E-state index contributed by atoms with van der Waals surface area (Å²) in [5, 5.41) is 11.8. The van der Waals surface area contributed by atoms with Crippen LogP contribution in [0.15, 0.2) is 30.3 Å². The minimum atomic E-state index is -1.05. The quantitative estimate of drug-likeness (QED) is 0.838. The van der Waals surface area contributed by atoms with E-state index in [1.54, 1.807) is 24.3 Å². The fourth-order valence-corrected chi connectivity index (χ4v) is 2.33. The molecule has 0 radical (unpaired) electrons. The van der Waals surface area contributed by atoms with Crippen LogP contribution in [0.4, 0.5) is 10.5 Å². The van der Waals surface area contributed by atoms with Crippen LogP contribution in [0.5, 0.6) is 0 Å². The Hall–Kier alpha value is -2.08. The van der Waals surface area contributed by atoms with Crippen molar-refractivity contribution < 1.29 is 19.4 Å². The lowest BCUT2D eigenvalue weighted by Crippen LogP contribution is -2.53. The number of nitrogens with zero attached hydrogens (tertiary/aromatic N) is 1. The monoisotopic (exact) mass is 292 g/mol. The third-order valence-electron chi connectivity index (χ3n) is 3.43. The predicted octanol–water partition coefficient (Wildman–Crippen LogP) is 1.85. The number of para-hydroxylation sites is 1.